The van der Waals surface area contributed by atoms with E-state index in [1.807, 2.05) is 0 Å². The highest BCUT2D eigenvalue weighted by atomic mass is 16.4. The van der Waals surface area contributed by atoms with Gasteiger partial charge in [0.2, 0.25) is 0 Å². The Balaban J connectivity index is 3.56. The molecule has 0 saturated heterocycles. The van der Waals surface area contributed by atoms with Gasteiger partial charge in [-0.3, -0.25) is 0 Å². The van der Waals surface area contributed by atoms with Crippen LogP contribution in [-0.2, 0) is 4.79 Å². The molecule has 3 nitrogen and oxygen atoms in total. The molecule has 0 rings (SSSR count). The number of hydrogen-bond donors (Lipinski definition) is 2. The molecule has 0 fully saturated rings. The maximum Gasteiger partial charge on any atom is 0.332 e. The molecule has 0 radical (unpaired) electrons. The van der Waals surface area contributed by atoms with Crippen molar-refractivity contribution in [2.24, 2.45) is 5.92 Å². The Bertz CT molecular complexity index is 134. The third-order valence-corrected chi connectivity index (χ3v) is 2.06. The standard InChI is InChI=1S/C9H18O3/c1-3-4-5-6-7(2)8(10)9(11)12/h7-8,10H,3-6H2,1-2H3,(H,11,12). The second kappa shape index (κ2) is 6.00. The Kier molecular flexibility index (Phi) is 5.72. The Labute approximate surface area is 73.4 Å². The predicted molar refractivity (Wildman–Crippen MR) is 46.9 cm³/mol. The number of carbonyl (C=O) groups is 1. The van der Waals surface area contributed by atoms with Gasteiger partial charge in [-0.2, -0.15) is 0 Å². The van der Waals surface area contributed by atoms with Gasteiger partial charge in [0.15, 0.2) is 6.10 Å². The van der Waals surface area contributed by atoms with E-state index < -0.39 is 12.1 Å². The fraction of sp³-hybridized carbons (Fsp3) is 0.889. The molecule has 3 heteroatoms. The summed E-state index contributed by atoms with van der Waals surface area (Å²) in [6, 6.07) is 0. The van der Waals surface area contributed by atoms with Crippen LogP contribution in [0.25, 0.3) is 0 Å². The van der Waals surface area contributed by atoms with Gasteiger partial charge < -0.3 is 10.2 Å². The van der Waals surface area contributed by atoms with E-state index in [4.69, 9.17) is 10.2 Å². The zero-order valence-electron chi connectivity index (χ0n) is 7.79. The minimum absolute atomic E-state index is 0.131. The molecule has 0 bridgehead atoms. The molecule has 0 aliphatic rings. The van der Waals surface area contributed by atoms with Crippen LogP contribution in [0.1, 0.15) is 39.5 Å². The van der Waals surface area contributed by atoms with E-state index in [1.165, 1.54) is 0 Å². The lowest BCUT2D eigenvalue weighted by molar-refractivity contribution is -0.149. The normalized spacial score (nSPS) is 15.6. The van der Waals surface area contributed by atoms with Crippen LogP contribution >= 0.6 is 0 Å². The molecule has 12 heavy (non-hydrogen) atoms. The van der Waals surface area contributed by atoms with Crippen molar-refractivity contribution in [3.8, 4) is 0 Å². The Morgan fingerprint density at radius 3 is 2.42 bits per heavy atom. The van der Waals surface area contributed by atoms with Gasteiger partial charge in [0.1, 0.15) is 0 Å². The summed E-state index contributed by atoms with van der Waals surface area (Å²) in [5.41, 5.74) is 0. The molecule has 2 atom stereocenters. The lowest BCUT2D eigenvalue weighted by Crippen LogP contribution is -2.27. The molecule has 0 aliphatic heterocycles. The van der Waals surface area contributed by atoms with Crippen LogP contribution in [0.15, 0.2) is 0 Å². The summed E-state index contributed by atoms with van der Waals surface area (Å²) >= 11 is 0. The summed E-state index contributed by atoms with van der Waals surface area (Å²) in [5.74, 6) is -1.24. The number of aliphatic hydroxyl groups excluding tert-OH is 1. The fourth-order valence-electron chi connectivity index (χ4n) is 1.12. The zero-order valence-corrected chi connectivity index (χ0v) is 7.79. The highest BCUT2D eigenvalue weighted by Crippen LogP contribution is 2.13. The Hall–Kier alpha value is -0.570. The van der Waals surface area contributed by atoms with Crippen molar-refractivity contribution in [1.82, 2.24) is 0 Å². The maximum absolute atomic E-state index is 10.3. The van der Waals surface area contributed by atoms with Gasteiger partial charge in [0.25, 0.3) is 0 Å². The first-order chi connectivity index (χ1) is 5.59. The molecular weight excluding hydrogens is 156 g/mol. The number of carboxylic acids is 1. The number of hydrogen-bond acceptors (Lipinski definition) is 2. The van der Waals surface area contributed by atoms with E-state index >= 15 is 0 Å². The predicted octanol–water partition coefficient (Wildman–Crippen LogP) is 1.65. The van der Waals surface area contributed by atoms with Crippen molar-refractivity contribution in [3.63, 3.8) is 0 Å². The lowest BCUT2D eigenvalue weighted by Gasteiger charge is -2.13. The summed E-state index contributed by atoms with van der Waals surface area (Å²) in [4.78, 5) is 10.3. The minimum atomic E-state index is -1.19. The van der Waals surface area contributed by atoms with Gasteiger partial charge in [0, 0.05) is 0 Å². The monoisotopic (exact) mass is 174 g/mol. The van der Waals surface area contributed by atoms with E-state index in [0.29, 0.717) is 0 Å². The summed E-state index contributed by atoms with van der Waals surface area (Å²) < 4.78 is 0. The van der Waals surface area contributed by atoms with Crippen LogP contribution in [0.5, 0.6) is 0 Å². The van der Waals surface area contributed by atoms with E-state index in [2.05, 4.69) is 6.92 Å². The van der Waals surface area contributed by atoms with Crippen LogP contribution in [0.4, 0.5) is 0 Å². The molecule has 0 heterocycles. The minimum Gasteiger partial charge on any atom is -0.479 e. The molecule has 2 unspecified atom stereocenters. The smallest absolute Gasteiger partial charge is 0.332 e. The average Bonchev–Trinajstić information content (AvgIpc) is 2.03. The van der Waals surface area contributed by atoms with Gasteiger partial charge in [-0.1, -0.05) is 33.1 Å². The summed E-state index contributed by atoms with van der Waals surface area (Å²) in [5, 5.41) is 17.6. The largest absolute Gasteiger partial charge is 0.479 e. The average molecular weight is 174 g/mol. The van der Waals surface area contributed by atoms with Crippen molar-refractivity contribution in [3.05, 3.63) is 0 Å². The number of unbranched alkanes of at least 4 members (excludes halogenated alkanes) is 2. The molecule has 2 N–H and O–H groups in total. The van der Waals surface area contributed by atoms with Gasteiger partial charge in [-0.05, 0) is 12.3 Å². The third kappa shape index (κ3) is 4.34. The maximum atomic E-state index is 10.3. The summed E-state index contributed by atoms with van der Waals surface area (Å²) in [6.45, 7) is 3.87. The van der Waals surface area contributed by atoms with Crippen molar-refractivity contribution >= 4 is 5.97 Å². The Morgan fingerprint density at radius 2 is 2.00 bits per heavy atom. The number of aliphatic hydroxyl groups is 1. The van der Waals surface area contributed by atoms with Crippen LogP contribution in [-0.4, -0.2) is 22.3 Å². The number of aliphatic carboxylic acids is 1. The van der Waals surface area contributed by atoms with Gasteiger partial charge in [-0.15, -0.1) is 0 Å². The molecule has 0 aliphatic carbocycles. The zero-order chi connectivity index (χ0) is 9.56. The Morgan fingerprint density at radius 1 is 1.42 bits per heavy atom. The van der Waals surface area contributed by atoms with Gasteiger partial charge in [0.05, 0.1) is 0 Å². The SMILES string of the molecule is CCCCCC(C)C(O)C(=O)O. The molecule has 0 aromatic carbocycles. The molecule has 0 aromatic heterocycles. The molecule has 0 aromatic rings. The van der Waals surface area contributed by atoms with E-state index in [1.54, 1.807) is 6.92 Å². The second-order valence-corrected chi connectivity index (χ2v) is 3.26. The molecule has 0 amide bonds. The summed E-state index contributed by atoms with van der Waals surface area (Å²) in [6.07, 6.45) is 2.83. The van der Waals surface area contributed by atoms with Crippen LogP contribution in [0.3, 0.4) is 0 Å². The second-order valence-electron chi connectivity index (χ2n) is 3.26. The summed E-state index contributed by atoms with van der Waals surface area (Å²) in [7, 11) is 0. The fourth-order valence-corrected chi connectivity index (χ4v) is 1.12. The first kappa shape index (κ1) is 11.4. The van der Waals surface area contributed by atoms with Crippen molar-refractivity contribution in [1.29, 1.82) is 0 Å². The third-order valence-electron chi connectivity index (χ3n) is 2.06. The first-order valence-electron chi connectivity index (χ1n) is 4.50. The van der Waals surface area contributed by atoms with Crippen molar-refractivity contribution in [2.45, 2.75) is 45.6 Å². The molecule has 72 valence electrons. The van der Waals surface area contributed by atoms with Gasteiger partial charge in [-0.25, -0.2) is 4.79 Å². The highest BCUT2D eigenvalue weighted by molar-refractivity contribution is 5.72. The number of carboxylic acid groups (broad SMARTS) is 1. The lowest BCUT2D eigenvalue weighted by atomic mass is 9.98. The van der Waals surface area contributed by atoms with Crippen LogP contribution in [0.2, 0.25) is 0 Å². The van der Waals surface area contributed by atoms with E-state index in [9.17, 15) is 4.79 Å². The molecule has 0 spiro atoms. The quantitative estimate of drug-likeness (QED) is 0.602. The first-order valence-corrected chi connectivity index (χ1v) is 4.50. The molecular formula is C9H18O3. The molecule has 0 saturated carbocycles. The van der Waals surface area contributed by atoms with Gasteiger partial charge >= 0.3 is 5.97 Å². The highest BCUT2D eigenvalue weighted by Gasteiger charge is 2.20. The van der Waals surface area contributed by atoms with Crippen LogP contribution in [0, 0.1) is 5.92 Å². The van der Waals surface area contributed by atoms with E-state index in [0.717, 1.165) is 25.7 Å². The topological polar surface area (TPSA) is 57.5 Å². The van der Waals surface area contributed by atoms with Crippen molar-refractivity contribution in [2.75, 3.05) is 0 Å². The van der Waals surface area contributed by atoms with E-state index in [-0.39, 0.29) is 5.92 Å². The number of rotatable bonds is 6. The van der Waals surface area contributed by atoms with Crippen molar-refractivity contribution < 1.29 is 15.0 Å². The van der Waals surface area contributed by atoms with Crippen LogP contribution < -0.4 is 0 Å².